The predicted molar refractivity (Wildman–Crippen MR) is 364 cm³/mol. The molecule has 0 fully saturated rings. The van der Waals surface area contributed by atoms with E-state index in [2.05, 4.69) is 63.5 Å². The third-order valence-corrected chi connectivity index (χ3v) is 19.4. The van der Waals surface area contributed by atoms with Gasteiger partial charge in [0, 0.05) is 17.6 Å². The van der Waals surface area contributed by atoms with Crippen LogP contribution in [0.3, 0.4) is 0 Å². The van der Waals surface area contributed by atoms with Crippen LogP contribution < -0.4 is 5.32 Å². The first-order valence-electron chi connectivity index (χ1n) is 30.6. The molecule has 3 aromatic carbocycles. The van der Waals surface area contributed by atoms with Crippen molar-refractivity contribution in [3.63, 3.8) is 0 Å². The largest absolute Gasteiger partial charge is 0.481 e. The molecule has 0 aromatic heterocycles. The van der Waals surface area contributed by atoms with Crippen molar-refractivity contribution >= 4 is 85.7 Å². The van der Waals surface area contributed by atoms with Gasteiger partial charge in [-0.25, -0.2) is 9.36 Å². The molecule has 0 heterocycles. The highest BCUT2D eigenvalue weighted by molar-refractivity contribution is 7.99. The van der Waals surface area contributed by atoms with Crippen LogP contribution in [0.1, 0.15) is 226 Å². The molecule has 0 aliphatic carbocycles. The smallest absolute Gasteiger partial charge is 0.469 e. The highest BCUT2D eigenvalue weighted by Gasteiger charge is 2.33. The molecule has 3 rings (SSSR count). The number of benzene rings is 3. The second-order valence-corrected chi connectivity index (χ2v) is 31.6. The van der Waals surface area contributed by atoms with Gasteiger partial charge in [0.25, 0.3) is 30.4 Å². The van der Waals surface area contributed by atoms with Crippen molar-refractivity contribution in [2.75, 3.05) is 31.3 Å². The maximum atomic E-state index is 11.8. The molecule has 30 heteroatoms. The van der Waals surface area contributed by atoms with E-state index in [1.54, 1.807) is 79.7 Å². The fourth-order valence-electron chi connectivity index (χ4n) is 6.77. The molecule has 1 amide bonds. The summed E-state index contributed by atoms with van der Waals surface area (Å²) in [5.41, 5.74) is 2.33. The first-order chi connectivity index (χ1) is 42.8. The number of phosphoric acid groups is 1. The molecule has 25 nitrogen and oxygen atoms in total. The van der Waals surface area contributed by atoms with Gasteiger partial charge in [0.1, 0.15) is 5.25 Å². The fraction of sp³-hybridized carbons (Fsp3) is 0.625. The van der Waals surface area contributed by atoms with Crippen LogP contribution in [0.5, 0.6) is 0 Å². The van der Waals surface area contributed by atoms with Gasteiger partial charge in [0.2, 0.25) is 5.91 Å². The molecule has 9 N–H and O–H groups in total. The Morgan fingerprint density at radius 1 is 0.553 bits per heavy atom. The number of aliphatic carboxylic acids is 2. The number of esters is 2. The van der Waals surface area contributed by atoms with Crippen molar-refractivity contribution in [1.29, 1.82) is 0 Å². The summed E-state index contributed by atoms with van der Waals surface area (Å²) in [5.74, 6) is -2.86. The Balaban J connectivity index is -0.00000106. The van der Waals surface area contributed by atoms with Gasteiger partial charge in [-0.3, -0.25) is 42.2 Å². The maximum Gasteiger partial charge on any atom is 0.469 e. The minimum absolute atomic E-state index is 0.0159. The number of phosphoric ester groups is 1. The average Bonchev–Trinajstić information content (AvgIpc) is 0.911. The van der Waals surface area contributed by atoms with E-state index in [0.29, 0.717) is 48.3 Å². The number of hydrogen-bond donors (Lipinski definition) is 9. The zero-order valence-electron chi connectivity index (χ0n) is 57.5. The number of rotatable bonds is 32. The standard InChI is InChI=1S/C15H20O4S.C11H14O2.C10H21NO4S.C10H14O3S.C9H19O6P.C9H18O5S/c1-3-10(2)12-6-4-11(5-7-12)9-20-13(15(18)19)8-14(16)17;1-3-8(2)9-4-6-10(7-5-9)11(12)13;1-6-9(2,3)8(12)11-10(4,5)7-16(13,14)15;1-3-8(2)9-4-6-10(7-5-9)14(11,12)13;1-4-9(2,3)8(10)14-6-5-7-15-16(11,12)13;1-4-9(2,3)8(10)14-6-5-7-15(11,12)13/h4-7,10,13H,3,8-9H2,1-2H3,(H,16,17)(H,18,19);4-8H,3H2,1-2H3,(H,12,13);6-7H2,1-5H3,(H,11,12)(H,13,14,15);4-8H,3H2,1-2H3,(H,11,12,13);4-7H2,1-3H3,(H2,11,12,13);4-7H2,1-3H3,(H,11,12,13). The first-order valence-corrected chi connectivity index (χ1v) is 37.9. The number of amides is 1. The first kappa shape index (κ1) is 92.9. The Bertz CT molecular complexity index is 3170. The van der Waals surface area contributed by atoms with Crippen LogP contribution in [0, 0.1) is 16.2 Å². The molecule has 0 spiro atoms. The summed E-state index contributed by atoms with van der Waals surface area (Å²) in [6.07, 6.45) is 5.16. The Kier molecular flexibility index (Phi) is 43.2. The van der Waals surface area contributed by atoms with Gasteiger partial charge in [0.15, 0.2) is 0 Å². The lowest BCUT2D eigenvalue weighted by Crippen LogP contribution is -2.52. The lowest BCUT2D eigenvalue weighted by Gasteiger charge is -2.30. The maximum absolute atomic E-state index is 11.8. The van der Waals surface area contributed by atoms with Gasteiger partial charge in [-0.1, -0.05) is 125 Å². The zero-order chi connectivity index (χ0) is 73.9. The lowest BCUT2D eigenvalue weighted by atomic mass is 9.88. The Morgan fingerprint density at radius 3 is 1.26 bits per heavy atom. The molecular formula is C64H106NO24PS4. The predicted octanol–water partition coefficient (Wildman–Crippen LogP) is 12.6. The summed E-state index contributed by atoms with van der Waals surface area (Å²) in [7, 11) is -16.5. The van der Waals surface area contributed by atoms with Crippen LogP contribution in [0.2, 0.25) is 0 Å². The van der Waals surface area contributed by atoms with Crippen LogP contribution in [0.15, 0.2) is 77.7 Å². The number of nitrogens with one attached hydrogen (secondary N) is 1. The topological polar surface area (TPSA) is 423 Å². The van der Waals surface area contributed by atoms with E-state index in [1.807, 2.05) is 45.0 Å². The molecule has 4 unspecified atom stereocenters. The van der Waals surface area contributed by atoms with Gasteiger partial charge < -0.3 is 39.9 Å². The van der Waals surface area contributed by atoms with Gasteiger partial charge >= 0.3 is 37.7 Å². The van der Waals surface area contributed by atoms with Crippen molar-refractivity contribution in [3.05, 3.63) is 101 Å². The van der Waals surface area contributed by atoms with E-state index in [0.717, 1.165) is 42.2 Å². The van der Waals surface area contributed by atoms with Gasteiger partial charge in [-0.2, -0.15) is 25.3 Å². The molecule has 540 valence electrons. The summed E-state index contributed by atoms with van der Waals surface area (Å²) in [4.78, 5) is 83.4. The van der Waals surface area contributed by atoms with Crippen molar-refractivity contribution in [3.8, 4) is 0 Å². The minimum Gasteiger partial charge on any atom is -0.481 e. The van der Waals surface area contributed by atoms with Crippen LogP contribution in [0.4, 0.5) is 0 Å². The Labute approximate surface area is 562 Å². The molecule has 0 saturated carbocycles. The number of hydrogen-bond acceptors (Lipinski definition) is 17. The van der Waals surface area contributed by atoms with E-state index >= 15 is 0 Å². The Hall–Kier alpha value is -5.33. The second kappa shape index (κ2) is 43.8. The van der Waals surface area contributed by atoms with Crippen molar-refractivity contribution in [2.45, 2.75) is 215 Å². The number of thioether (sulfide) groups is 1. The number of carbonyl (C=O) groups excluding carboxylic acids is 3. The summed E-state index contributed by atoms with van der Waals surface area (Å²) in [5, 5.41) is 28.0. The zero-order valence-corrected chi connectivity index (χ0v) is 61.7. The summed E-state index contributed by atoms with van der Waals surface area (Å²) >= 11 is 1.15. The number of ether oxygens (including phenoxy) is 2. The molecular weight excluding hydrogens is 1330 g/mol. The third kappa shape index (κ3) is 43.7. The number of aromatic carboxylic acids is 1. The van der Waals surface area contributed by atoms with E-state index in [-0.39, 0.29) is 67.6 Å². The number of carbonyl (C=O) groups is 6. The molecule has 94 heavy (non-hydrogen) atoms. The molecule has 0 saturated heterocycles. The Morgan fingerprint density at radius 2 is 0.936 bits per heavy atom. The quantitative estimate of drug-likeness (QED) is 0.0121. The van der Waals surface area contributed by atoms with E-state index in [4.69, 9.17) is 48.2 Å². The SMILES string of the molecule is CCC(C)(C)C(=O)NC(C)(C)CS(=O)(=O)O.CCC(C)(C)C(=O)OCCCOP(=O)(O)O.CCC(C)(C)C(=O)OCCCS(=O)(=O)O.CCC(C)c1ccc(C(=O)O)cc1.CCC(C)c1ccc(CSC(CC(=O)O)C(=O)O)cc1.CCC(C)c1ccc(S(=O)(=O)O)cc1. The number of carboxylic acid groups (broad SMARTS) is 3. The van der Waals surface area contributed by atoms with E-state index < -0.39 is 88.9 Å². The molecule has 0 radical (unpaired) electrons. The molecule has 4 atom stereocenters. The van der Waals surface area contributed by atoms with Crippen molar-refractivity contribution in [2.24, 2.45) is 16.2 Å². The highest BCUT2D eigenvalue weighted by Crippen LogP contribution is 2.36. The monoisotopic (exact) mass is 1430 g/mol. The van der Waals surface area contributed by atoms with Crippen molar-refractivity contribution in [1.82, 2.24) is 5.32 Å². The summed E-state index contributed by atoms with van der Waals surface area (Å²) in [6.45, 7) is 32.1. The van der Waals surface area contributed by atoms with Crippen LogP contribution in [-0.4, -0.2) is 142 Å². The van der Waals surface area contributed by atoms with Crippen LogP contribution in [-0.2, 0) is 78.6 Å². The highest BCUT2D eigenvalue weighted by atomic mass is 32.2. The van der Waals surface area contributed by atoms with Gasteiger partial charge in [-0.05, 0) is 151 Å². The lowest BCUT2D eigenvalue weighted by molar-refractivity contribution is -0.155. The minimum atomic E-state index is -4.41. The molecule has 0 bridgehead atoms. The van der Waals surface area contributed by atoms with Gasteiger partial charge in [0.05, 0.1) is 64.6 Å². The molecule has 0 aliphatic heterocycles. The normalized spacial score (nSPS) is 13.2. The molecule has 3 aromatic rings. The number of carboxylic acids is 3. The van der Waals surface area contributed by atoms with Crippen LogP contribution >= 0.6 is 19.6 Å². The average molecular weight is 1430 g/mol. The molecule has 0 aliphatic rings. The third-order valence-electron chi connectivity index (χ3n) is 14.9. The fourth-order valence-corrected chi connectivity index (χ4v) is 10.1. The second-order valence-electron chi connectivity index (χ2n) is 24.7. The van der Waals surface area contributed by atoms with E-state index in [9.17, 15) is 58.6 Å². The van der Waals surface area contributed by atoms with Crippen molar-refractivity contribution < 1.29 is 111 Å². The summed E-state index contributed by atoms with van der Waals surface area (Å²) < 4.78 is 114. The van der Waals surface area contributed by atoms with E-state index in [1.165, 1.54) is 23.3 Å². The van der Waals surface area contributed by atoms with Crippen LogP contribution in [0.25, 0.3) is 0 Å². The van der Waals surface area contributed by atoms with Gasteiger partial charge in [-0.15, -0.1) is 11.8 Å². The summed E-state index contributed by atoms with van der Waals surface area (Å²) in [6, 6.07) is 21.5.